The molecule has 0 saturated carbocycles. The molecule has 60 valence electrons. The maximum absolute atomic E-state index is 3.54. The zero-order chi connectivity index (χ0) is 7.56. The fourth-order valence-electron chi connectivity index (χ4n) is 2.03. The standard InChI is InChI=1S/C9H19N/c1-4-9-8(7(2)3)5-6-10-9/h7-10H,4-6H2,1-3H3. The van der Waals surface area contributed by atoms with E-state index in [9.17, 15) is 0 Å². The molecule has 0 aromatic rings. The molecule has 10 heavy (non-hydrogen) atoms. The first-order valence-electron chi connectivity index (χ1n) is 4.49. The van der Waals surface area contributed by atoms with Gasteiger partial charge in [-0.15, -0.1) is 0 Å². The van der Waals surface area contributed by atoms with Crippen LogP contribution in [0, 0.1) is 11.8 Å². The van der Waals surface area contributed by atoms with Crippen LogP contribution < -0.4 is 5.32 Å². The molecule has 1 saturated heterocycles. The summed E-state index contributed by atoms with van der Waals surface area (Å²) >= 11 is 0. The van der Waals surface area contributed by atoms with Gasteiger partial charge in [0.05, 0.1) is 0 Å². The van der Waals surface area contributed by atoms with E-state index in [1.165, 1.54) is 19.4 Å². The lowest BCUT2D eigenvalue weighted by Gasteiger charge is -2.21. The van der Waals surface area contributed by atoms with Gasteiger partial charge in [-0.1, -0.05) is 20.8 Å². The molecule has 1 aliphatic rings. The largest absolute Gasteiger partial charge is 0.314 e. The summed E-state index contributed by atoms with van der Waals surface area (Å²) in [4.78, 5) is 0. The van der Waals surface area contributed by atoms with Gasteiger partial charge >= 0.3 is 0 Å². The van der Waals surface area contributed by atoms with Crippen LogP contribution in [-0.4, -0.2) is 12.6 Å². The number of nitrogens with one attached hydrogen (secondary N) is 1. The van der Waals surface area contributed by atoms with Crippen molar-refractivity contribution in [2.24, 2.45) is 11.8 Å². The van der Waals surface area contributed by atoms with Crippen LogP contribution in [-0.2, 0) is 0 Å². The van der Waals surface area contributed by atoms with E-state index < -0.39 is 0 Å². The fraction of sp³-hybridized carbons (Fsp3) is 1.00. The summed E-state index contributed by atoms with van der Waals surface area (Å²) < 4.78 is 0. The van der Waals surface area contributed by atoms with E-state index in [2.05, 4.69) is 26.1 Å². The third kappa shape index (κ3) is 1.51. The molecule has 0 bridgehead atoms. The predicted octanol–water partition coefficient (Wildman–Crippen LogP) is 2.03. The van der Waals surface area contributed by atoms with Crippen molar-refractivity contribution in [2.75, 3.05) is 6.54 Å². The van der Waals surface area contributed by atoms with E-state index in [1.54, 1.807) is 0 Å². The molecule has 1 heterocycles. The van der Waals surface area contributed by atoms with E-state index in [0.717, 1.165) is 17.9 Å². The van der Waals surface area contributed by atoms with Crippen molar-refractivity contribution in [2.45, 2.75) is 39.7 Å². The Morgan fingerprint density at radius 2 is 2.20 bits per heavy atom. The highest BCUT2D eigenvalue weighted by atomic mass is 14.9. The van der Waals surface area contributed by atoms with Crippen LogP contribution in [0.15, 0.2) is 0 Å². The van der Waals surface area contributed by atoms with Crippen LogP contribution >= 0.6 is 0 Å². The van der Waals surface area contributed by atoms with E-state index in [4.69, 9.17) is 0 Å². The Balaban J connectivity index is 2.42. The molecule has 1 rings (SSSR count). The van der Waals surface area contributed by atoms with Gasteiger partial charge in [0, 0.05) is 6.04 Å². The molecule has 1 nitrogen and oxygen atoms in total. The second kappa shape index (κ2) is 3.38. The molecule has 1 aliphatic heterocycles. The van der Waals surface area contributed by atoms with Crippen LogP contribution in [0.25, 0.3) is 0 Å². The molecule has 0 amide bonds. The molecule has 1 heteroatoms. The van der Waals surface area contributed by atoms with Gasteiger partial charge < -0.3 is 5.32 Å². The van der Waals surface area contributed by atoms with Crippen LogP contribution in [0.2, 0.25) is 0 Å². The molecule has 0 aromatic heterocycles. The zero-order valence-electron chi connectivity index (χ0n) is 7.35. The molecular weight excluding hydrogens is 122 g/mol. The summed E-state index contributed by atoms with van der Waals surface area (Å²) in [5.41, 5.74) is 0. The summed E-state index contributed by atoms with van der Waals surface area (Å²) in [5.74, 6) is 1.80. The average Bonchev–Trinajstić information content (AvgIpc) is 2.33. The summed E-state index contributed by atoms with van der Waals surface area (Å²) in [5, 5.41) is 3.54. The zero-order valence-corrected chi connectivity index (χ0v) is 7.35. The lowest BCUT2D eigenvalue weighted by atomic mass is 9.88. The van der Waals surface area contributed by atoms with Gasteiger partial charge in [-0.05, 0) is 31.2 Å². The van der Waals surface area contributed by atoms with Gasteiger partial charge in [0.15, 0.2) is 0 Å². The first-order valence-corrected chi connectivity index (χ1v) is 4.49. The van der Waals surface area contributed by atoms with Crippen LogP contribution in [0.4, 0.5) is 0 Å². The molecule has 0 aliphatic carbocycles. The van der Waals surface area contributed by atoms with Crippen LogP contribution in [0.3, 0.4) is 0 Å². The molecule has 1 N–H and O–H groups in total. The van der Waals surface area contributed by atoms with Crippen LogP contribution in [0.1, 0.15) is 33.6 Å². The smallest absolute Gasteiger partial charge is 0.00956 e. The molecule has 1 fully saturated rings. The van der Waals surface area contributed by atoms with Gasteiger partial charge in [0.2, 0.25) is 0 Å². The minimum absolute atomic E-state index is 0.806. The van der Waals surface area contributed by atoms with Crippen molar-refractivity contribution in [1.82, 2.24) is 5.32 Å². The summed E-state index contributed by atoms with van der Waals surface area (Å²) in [6, 6.07) is 0.806. The van der Waals surface area contributed by atoms with Crippen molar-refractivity contribution < 1.29 is 0 Å². The Morgan fingerprint density at radius 3 is 2.60 bits per heavy atom. The predicted molar refractivity (Wildman–Crippen MR) is 45.0 cm³/mol. The molecule has 2 atom stereocenters. The van der Waals surface area contributed by atoms with Crippen molar-refractivity contribution in [3.63, 3.8) is 0 Å². The monoisotopic (exact) mass is 141 g/mol. The quantitative estimate of drug-likeness (QED) is 0.620. The maximum atomic E-state index is 3.54. The average molecular weight is 141 g/mol. The highest BCUT2D eigenvalue weighted by Gasteiger charge is 2.27. The first kappa shape index (κ1) is 8.06. The molecular formula is C9H19N. The number of hydrogen-bond donors (Lipinski definition) is 1. The van der Waals surface area contributed by atoms with Gasteiger partial charge in [0.1, 0.15) is 0 Å². The van der Waals surface area contributed by atoms with Crippen LogP contribution in [0.5, 0.6) is 0 Å². The van der Waals surface area contributed by atoms with E-state index >= 15 is 0 Å². The highest BCUT2D eigenvalue weighted by molar-refractivity contribution is 4.84. The molecule has 0 radical (unpaired) electrons. The highest BCUT2D eigenvalue weighted by Crippen LogP contribution is 2.25. The lowest BCUT2D eigenvalue weighted by molar-refractivity contribution is 0.335. The van der Waals surface area contributed by atoms with Gasteiger partial charge in [-0.2, -0.15) is 0 Å². The Morgan fingerprint density at radius 1 is 1.50 bits per heavy atom. The Bertz CT molecular complexity index is 98.9. The fourth-order valence-corrected chi connectivity index (χ4v) is 2.03. The minimum Gasteiger partial charge on any atom is -0.314 e. The SMILES string of the molecule is CCC1NCCC1C(C)C. The van der Waals surface area contributed by atoms with Gasteiger partial charge in [0.25, 0.3) is 0 Å². The summed E-state index contributed by atoms with van der Waals surface area (Å²) in [6.45, 7) is 8.18. The van der Waals surface area contributed by atoms with Gasteiger partial charge in [-0.25, -0.2) is 0 Å². The van der Waals surface area contributed by atoms with E-state index in [0.29, 0.717) is 0 Å². The number of rotatable bonds is 2. The molecule has 0 spiro atoms. The van der Waals surface area contributed by atoms with Crippen molar-refractivity contribution in [3.05, 3.63) is 0 Å². The van der Waals surface area contributed by atoms with Crippen molar-refractivity contribution in [1.29, 1.82) is 0 Å². The van der Waals surface area contributed by atoms with Gasteiger partial charge in [-0.3, -0.25) is 0 Å². The number of hydrogen-bond acceptors (Lipinski definition) is 1. The first-order chi connectivity index (χ1) is 4.75. The second-order valence-corrected chi connectivity index (χ2v) is 3.67. The lowest BCUT2D eigenvalue weighted by Crippen LogP contribution is -2.28. The Hall–Kier alpha value is -0.0400. The molecule has 2 unspecified atom stereocenters. The van der Waals surface area contributed by atoms with E-state index in [-0.39, 0.29) is 0 Å². The Kier molecular flexibility index (Phi) is 2.72. The van der Waals surface area contributed by atoms with Crippen molar-refractivity contribution >= 4 is 0 Å². The topological polar surface area (TPSA) is 12.0 Å². The third-order valence-electron chi connectivity index (χ3n) is 2.70. The summed E-state index contributed by atoms with van der Waals surface area (Å²) in [6.07, 6.45) is 2.68. The minimum atomic E-state index is 0.806. The Labute approximate surface area is 64.2 Å². The maximum Gasteiger partial charge on any atom is 0.00956 e. The second-order valence-electron chi connectivity index (χ2n) is 3.67. The third-order valence-corrected chi connectivity index (χ3v) is 2.70. The normalized spacial score (nSPS) is 33.6. The summed E-state index contributed by atoms with van der Waals surface area (Å²) in [7, 11) is 0. The van der Waals surface area contributed by atoms with E-state index in [1.807, 2.05) is 0 Å². The van der Waals surface area contributed by atoms with Crippen molar-refractivity contribution in [3.8, 4) is 0 Å². The molecule has 0 aromatic carbocycles.